The normalized spacial score (nSPS) is 11.0. The second-order valence-corrected chi connectivity index (χ2v) is 5.00. The number of hydrogen-bond acceptors (Lipinski definition) is 5. The molecule has 0 atom stereocenters. The Bertz CT molecular complexity index is 404. The monoisotopic (exact) mass is 297 g/mol. The minimum absolute atomic E-state index is 0.00655. The lowest BCUT2D eigenvalue weighted by molar-refractivity contribution is -0.0104. The van der Waals surface area contributed by atoms with Crippen LogP contribution in [0.2, 0.25) is 0 Å². The summed E-state index contributed by atoms with van der Waals surface area (Å²) >= 11 is 0. The van der Waals surface area contributed by atoms with Crippen molar-refractivity contribution in [2.45, 2.75) is 39.9 Å². The first kappa shape index (κ1) is 17.6. The standard InChI is InChI=1S/C16H25O5/c1-12(2)20-15-8-6-7-14(16(15)21-13(3)4)19-11-18-10-9-17-5/h6,8,12-13H,9-11H2,1-5H3. The fraction of sp³-hybridized carbons (Fsp3) is 0.625. The molecule has 0 N–H and O–H groups in total. The number of benzene rings is 1. The minimum Gasteiger partial charge on any atom is -0.487 e. The third kappa shape index (κ3) is 6.69. The molecule has 1 aromatic rings. The topological polar surface area (TPSA) is 46.2 Å². The van der Waals surface area contributed by atoms with E-state index < -0.39 is 0 Å². The zero-order chi connectivity index (χ0) is 15.7. The highest BCUT2D eigenvalue weighted by molar-refractivity contribution is 5.50. The van der Waals surface area contributed by atoms with Crippen molar-refractivity contribution >= 4 is 0 Å². The highest BCUT2D eigenvalue weighted by atomic mass is 16.7. The summed E-state index contributed by atoms with van der Waals surface area (Å²) in [5.41, 5.74) is 0. The second-order valence-electron chi connectivity index (χ2n) is 5.00. The van der Waals surface area contributed by atoms with Gasteiger partial charge >= 0.3 is 0 Å². The van der Waals surface area contributed by atoms with Crippen molar-refractivity contribution in [3.05, 3.63) is 18.2 Å². The Morgan fingerprint density at radius 1 is 1.05 bits per heavy atom. The summed E-state index contributed by atoms with van der Waals surface area (Å²) in [4.78, 5) is 0. The van der Waals surface area contributed by atoms with Crippen molar-refractivity contribution in [2.75, 3.05) is 27.1 Å². The van der Waals surface area contributed by atoms with E-state index in [1.807, 2.05) is 33.8 Å². The van der Waals surface area contributed by atoms with Crippen LogP contribution in [-0.2, 0) is 9.47 Å². The van der Waals surface area contributed by atoms with Crippen molar-refractivity contribution < 1.29 is 23.7 Å². The van der Waals surface area contributed by atoms with Gasteiger partial charge in [-0.25, -0.2) is 0 Å². The van der Waals surface area contributed by atoms with Gasteiger partial charge in [0.1, 0.15) is 0 Å². The Hall–Kier alpha value is -1.46. The van der Waals surface area contributed by atoms with Crippen LogP contribution < -0.4 is 14.2 Å². The summed E-state index contributed by atoms with van der Waals surface area (Å²) in [5, 5.41) is 0. The smallest absolute Gasteiger partial charge is 0.204 e. The van der Waals surface area contributed by atoms with Gasteiger partial charge in [-0.2, -0.15) is 0 Å². The molecule has 1 radical (unpaired) electrons. The minimum atomic E-state index is 0.00655. The number of hydrogen-bond donors (Lipinski definition) is 0. The van der Waals surface area contributed by atoms with Crippen LogP contribution in [0.5, 0.6) is 17.2 Å². The molecule has 21 heavy (non-hydrogen) atoms. The maximum atomic E-state index is 5.79. The molecule has 0 amide bonds. The predicted molar refractivity (Wildman–Crippen MR) is 80.1 cm³/mol. The van der Waals surface area contributed by atoms with Gasteiger partial charge in [0.25, 0.3) is 0 Å². The summed E-state index contributed by atoms with van der Waals surface area (Å²) in [5.74, 6) is 1.68. The first-order chi connectivity index (χ1) is 10.0. The van der Waals surface area contributed by atoms with Crippen molar-refractivity contribution in [3.63, 3.8) is 0 Å². The molecule has 0 aliphatic carbocycles. The molecule has 0 unspecified atom stereocenters. The molecule has 0 aliphatic rings. The lowest BCUT2D eigenvalue weighted by atomic mass is 10.3. The van der Waals surface area contributed by atoms with Crippen LogP contribution in [0, 0.1) is 6.07 Å². The van der Waals surface area contributed by atoms with E-state index in [0.717, 1.165) is 0 Å². The fourth-order valence-corrected chi connectivity index (χ4v) is 1.55. The SMILES string of the molecule is COCCOCOc1[c]ccc(OC(C)C)c1OC(C)C. The van der Waals surface area contributed by atoms with Gasteiger partial charge in [-0.1, -0.05) is 0 Å². The Labute approximate surface area is 127 Å². The van der Waals surface area contributed by atoms with Gasteiger partial charge in [-0.3, -0.25) is 0 Å². The molecule has 0 saturated heterocycles. The van der Waals surface area contributed by atoms with E-state index >= 15 is 0 Å². The Morgan fingerprint density at radius 3 is 2.38 bits per heavy atom. The van der Waals surface area contributed by atoms with Gasteiger partial charge in [0.2, 0.25) is 5.75 Å². The first-order valence-corrected chi connectivity index (χ1v) is 7.12. The highest BCUT2D eigenvalue weighted by Crippen LogP contribution is 2.38. The van der Waals surface area contributed by atoms with Gasteiger partial charge in [-0.05, 0) is 39.8 Å². The van der Waals surface area contributed by atoms with Crippen LogP contribution in [0.3, 0.4) is 0 Å². The zero-order valence-corrected chi connectivity index (χ0v) is 13.5. The van der Waals surface area contributed by atoms with E-state index in [0.29, 0.717) is 30.5 Å². The largest absolute Gasteiger partial charge is 0.487 e. The van der Waals surface area contributed by atoms with Crippen LogP contribution in [0.4, 0.5) is 0 Å². The van der Waals surface area contributed by atoms with Gasteiger partial charge < -0.3 is 23.7 Å². The molecule has 0 aromatic heterocycles. The average molecular weight is 297 g/mol. The van der Waals surface area contributed by atoms with E-state index in [2.05, 4.69) is 6.07 Å². The maximum Gasteiger partial charge on any atom is 0.204 e. The van der Waals surface area contributed by atoms with Crippen molar-refractivity contribution in [3.8, 4) is 17.2 Å². The van der Waals surface area contributed by atoms with Gasteiger partial charge in [0.05, 0.1) is 25.4 Å². The quantitative estimate of drug-likeness (QED) is 0.490. The van der Waals surface area contributed by atoms with E-state index in [9.17, 15) is 0 Å². The van der Waals surface area contributed by atoms with E-state index in [4.69, 9.17) is 23.7 Å². The lowest BCUT2D eigenvalue weighted by Crippen LogP contribution is -2.13. The lowest BCUT2D eigenvalue weighted by Gasteiger charge is -2.19. The molecule has 0 aliphatic heterocycles. The Balaban J connectivity index is 2.75. The molecule has 0 bridgehead atoms. The number of methoxy groups -OCH3 is 1. The van der Waals surface area contributed by atoms with Crippen LogP contribution in [-0.4, -0.2) is 39.3 Å². The Kier molecular flexibility index (Phi) is 7.93. The summed E-state index contributed by atoms with van der Waals surface area (Å²) in [6.45, 7) is 8.93. The summed E-state index contributed by atoms with van der Waals surface area (Å²) in [7, 11) is 1.62. The third-order valence-electron chi connectivity index (χ3n) is 2.31. The zero-order valence-electron chi connectivity index (χ0n) is 13.5. The third-order valence-corrected chi connectivity index (χ3v) is 2.31. The van der Waals surface area contributed by atoms with Crippen LogP contribution in [0.25, 0.3) is 0 Å². The summed E-state index contributed by atoms with van der Waals surface area (Å²) < 4.78 is 27.3. The van der Waals surface area contributed by atoms with Gasteiger partial charge in [0.15, 0.2) is 18.3 Å². The molecule has 5 nitrogen and oxygen atoms in total. The molecular formula is C16H25O5. The highest BCUT2D eigenvalue weighted by Gasteiger charge is 2.15. The fourth-order valence-electron chi connectivity index (χ4n) is 1.55. The molecular weight excluding hydrogens is 272 g/mol. The molecule has 1 aromatic carbocycles. The molecule has 0 fully saturated rings. The predicted octanol–water partition coefficient (Wildman–Crippen LogP) is 3.06. The molecule has 5 heteroatoms. The van der Waals surface area contributed by atoms with Crippen LogP contribution in [0.15, 0.2) is 12.1 Å². The maximum absolute atomic E-state index is 5.79. The number of ether oxygens (including phenoxy) is 5. The van der Waals surface area contributed by atoms with Gasteiger partial charge in [0, 0.05) is 13.2 Å². The van der Waals surface area contributed by atoms with E-state index in [1.54, 1.807) is 13.2 Å². The molecule has 0 spiro atoms. The van der Waals surface area contributed by atoms with E-state index in [1.165, 1.54) is 0 Å². The van der Waals surface area contributed by atoms with E-state index in [-0.39, 0.29) is 19.0 Å². The van der Waals surface area contributed by atoms with Crippen molar-refractivity contribution in [1.29, 1.82) is 0 Å². The summed E-state index contributed by atoms with van der Waals surface area (Å²) in [6, 6.07) is 6.57. The molecule has 0 heterocycles. The molecule has 1 rings (SSSR count). The van der Waals surface area contributed by atoms with Crippen LogP contribution in [0.1, 0.15) is 27.7 Å². The first-order valence-electron chi connectivity index (χ1n) is 7.12. The Morgan fingerprint density at radius 2 is 1.76 bits per heavy atom. The molecule has 0 saturated carbocycles. The number of rotatable bonds is 10. The van der Waals surface area contributed by atoms with Crippen molar-refractivity contribution in [1.82, 2.24) is 0 Å². The summed E-state index contributed by atoms with van der Waals surface area (Å²) in [6.07, 6.45) is 0.0554. The molecule has 119 valence electrons. The average Bonchev–Trinajstić information content (AvgIpc) is 2.40. The van der Waals surface area contributed by atoms with Crippen molar-refractivity contribution in [2.24, 2.45) is 0 Å². The van der Waals surface area contributed by atoms with Gasteiger partial charge in [-0.15, -0.1) is 0 Å². The second kappa shape index (κ2) is 9.47. The van der Waals surface area contributed by atoms with Crippen LogP contribution >= 0.6 is 0 Å².